The van der Waals surface area contributed by atoms with Crippen LogP contribution in [0, 0.1) is 5.92 Å². The zero-order valence-electron chi connectivity index (χ0n) is 9.28. The van der Waals surface area contributed by atoms with E-state index in [0.717, 1.165) is 12.8 Å². The molecule has 84 valence electrons. The molecule has 4 nitrogen and oxygen atoms in total. The Hall–Kier alpha value is -1.32. The first-order valence-corrected chi connectivity index (χ1v) is 5.09. The predicted octanol–water partition coefficient (Wildman–Crippen LogP) is 1.79. The van der Waals surface area contributed by atoms with Gasteiger partial charge in [-0.25, -0.2) is 4.79 Å². The van der Waals surface area contributed by atoms with Gasteiger partial charge in [-0.15, -0.1) is 0 Å². The fourth-order valence-electron chi connectivity index (χ4n) is 0.917. The third kappa shape index (κ3) is 4.14. The molecule has 0 N–H and O–H groups in total. The number of carbonyl (C=O) groups is 2. The summed E-state index contributed by atoms with van der Waals surface area (Å²) in [6.07, 6.45) is 2.79. The molecule has 0 saturated heterocycles. The van der Waals surface area contributed by atoms with Gasteiger partial charge in [0, 0.05) is 0 Å². The Morgan fingerprint density at radius 3 is 2.40 bits per heavy atom. The molecule has 1 aliphatic carbocycles. The van der Waals surface area contributed by atoms with Crippen molar-refractivity contribution in [2.24, 2.45) is 5.92 Å². The molecule has 15 heavy (non-hydrogen) atoms. The monoisotopic (exact) mass is 212 g/mol. The maximum atomic E-state index is 11.3. The number of esters is 2. The van der Waals surface area contributed by atoms with Crippen LogP contribution in [0.3, 0.4) is 0 Å². The van der Waals surface area contributed by atoms with Crippen molar-refractivity contribution in [3.63, 3.8) is 0 Å². The van der Waals surface area contributed by atoms with Crippen LogP contribution in [0.2, 0.25) is 0 Å². The van der Waals surface area contributed by atoms with Crippen molar-refractivity contribution < 1.29 is 19.1 Å². The topological polar surface area (TPSA) is 52.6 Å². The molecule has 0 aromatic carbocycles. The maximum absolute atomic E-state index is 11.3. The van der Waals surface area contributed by atoms with Gasteiger partial charge in [0.1, 0.15) is 6.26 Å². The molecule has 1 rings (SSSR count). The Labute approximate surface area is 89.2 Å². The Kier molecular flexibility index (Phi) is 3.88. The summed E-state index contributed by atoms with van der Waals surface area (Å²) in [6, 6.07) is 0. The zero-order chi connectivity index (χ0) is 11.4. The molecule has 0 atom stereocenters. The largest absolute Gasteiger partial charge is 0.460 e. The van der Waals surface area contributed by atoms with Gasteiger partial charge >= 0.3 is 11.9 Å². The zero-order valence-corrected chi connectivity index (χ0v) is 9.28. The van der Waals surface area contributed by atoms with Crippen molar-refractivity contribution in [3.8, 4) is 0 Å². The maximum Gasteiger partial charge on any atom is 0.337 e. The Morgan fingerprint density at radius 2 is 1.93 bits per heavy atom. The second-order valence-electron chi connectivity index (χ2n) is 3.97. The minimum absolute atomic E-state index is 0.0372. The lowest BCUT2D eigenvalue weighted by atomic mass is 10.3. The molecular formula is C11H16O4. The normalized spacial score (nSPS) is 16.4. The molecule has 1 saturated carbocycles. The van der Waals surface area contributed by atoms with Gasteiger partial charge in [-0.1, -0.05) is 0 Å². The Morgan fingerprint density at radius 1 is 1.33 bits per heavy atom. The van der Waals surface area contributed by atoms with Crippen LogP contribution < -0.4 is 0 Å². The van der Waals surface area contributed by atoms with Gasteiger partial charge < -0.3 is 9.47 Å². The SMILES string of the molecule is C/C(=C\OC(=O)C1CC1)C(=O)OC(C)C. The predicted molar refractivity (Wildman–Crippen MR) is 53.8 cm³/mol. The summed E-state index contributed by atoms with van der Waals surface area (Å²) in [4.78, 5) is 22.4. The summed E-state index contributed by atoms with van der Waals surface area (Å²) < 4.78 is 9.75. The number of ether oxygens (including phenoxy) is 2. The summed E-state index contributed by atoms with van der Waals surface area (Å²) in [6.45, 7) is 5.09. The summed E-state index contributed by atoms with van der Waals surface area (Å²) >= 11 is 0. The highest BCUT2D eigenvalue weighted by atomic mass is 16.5. The third-order valence-electron chi connectivity index (χ3n) is 1.93. The third-order valence-corrected chi connectivity index (χ3v) is 1.93. The van der Waals surface area contributed by atoms with E-state index in [1.165, 1.54) is 6.26 Å². The molecule has 0 bridgehead atoms. The highest BCUT2D eigenvalue weighted by molar-refractivity contribution is 5.88. The number of hydrogen-bond acceptors (Lipinski definition) is 4. The summed E-state index contributed by atoms with van der Waals surface area (Å²) in [5, 5.41) is 0. The molecule has 1 fully saturated rings. The van der Waals surface area contributed by atoms with E-state index in [-0.39, 0.29) is 18.0 Å². The lowest BCUT2D eigenvalue weighted by Gasteiger charge is -2.07. The van der Waals surface area contributed by atoms with Crippen molar-refractivity contribution in [1.82, 2.24) is 0 Å². The van der Waals surface area contributed by atoms with Crippen LogP contribution in [0.25, 0.3) is 0 Å². The highest BCUT2D eigenvalue weighted by Gasteiger charge is 2.31. The van der Waals surface area contributed by atoms with E-state index in [9.17, 15) is 9.59 Å². The number of hydrogen-bond donors (Lipinski definition) is 0. The fraction of sp³-hybridized carbons (Fsp3) is 0.636. The van der Waals surface area contributed by atoms with E-state index < -0.39 is 5.97 Å². The van der Waals surface area contributed by atoms with Gasteiger partial charge in [-0.3, -0.25) is 4.79 Å². The quantitative estimate of drug-likeness (QED) is 0.405. The van der Waals surface area contributed by atoms with Crippen LogP contribution in [0.15, 0.2) is 11.8 Å². The van der Waals surface area contributed by atoms with Crippen molar-refractivity contribution in [1.29, 1.82) is 0 Å². The average Bonchev–Trinajstić information content (AvgIpc) is 2.95. The van der Waals surface area contributed by atoms with Crippen molar-refractivity contribution in [2.75, 3.05) is 0 Å². The molecule has 0 aliphatic heterocycles. The minimum Gasteiger partial charge on any atom is -0.460 e. The van der Waals surface area contributed by atoms with E-state index in [1.54, 1.807) is 20.8 Å². The average molecular weight is 212 g/mol. The van der Waals surface area contributed by atoms with Crippen molar-refractivity contribution in [2.45, 2.75) is 39.7 Å². The molecule has 1 aliphatic rings. The standard InChI is InChI=1S/C11H16O4/c1-7(2)15-10(12)8(3)6-14-11(13)9-4-5-9/h6-7,9H,4-5H2,1-3H3/b8-6+. The minimum atomic E-state index is -0.450. The van der Waals surface area contributed by atoms with Gasteiger partial charge in [-0.05, 0) is 33.6 Å². The highest BCUT2D eigenvalue weighted by Crippen LogP contribution is 2.30. The van der Waals surface area contributed by atoms with Gasteiger partial charge in [0.15, 0.2) is 0 Å². The first-order chi connectivity index (χ1) is 7.00. The van der Waals surface area contributed by atoms with E-state index in [2.05, 4.69) is 0 Å². The van der Waals surface area contributed by atoms with Gasteiger partial charge in [-0.2, -0.15) is 0 Å². The Bertz CT molecular complexity index is 287. The van der Waals surface area contributed by atoms with Crippen LogP contribution in [-0.2, 0) is 19.1 Å². The van der Waals surface area contributed by atoms with Gasteiger partial charge in [0.25, 0.3) is 0 Å². The smallest absolute Gasteiger partial charge is 0.337 e. The van der Waals surface area contributed by atoms with Gasteiger partial charge in [0.2, 0.25) is 0 Å². The van der Waals surface area contributed by atoms with Crippen LogP contribution in [0.1, 0.15) is 33.6 Å². The van der Waals surface area contributed by atoms with Crippen LogP contribution in [0.4, 0.5) is 0 Å². The fourth-order valence-corrected chi connectivity index (χ4v) is 0.917. The molecule has 0 aromatic heterocycles. The second kappa shape index (κ2) is 4.96. The molecule has 0 amide bonds. The first-order valence-electron chi connectivity index (χ1n) is 5.09. The molecule has 0 radical (unpaired) electrons. The molecular weight excluding hydrogens is 196 g/mol. The van der Waals surface area contributed by atoms with E-state index >= 15 is 0 Å². The molecule has 0 unspecified atom stereocenters. The van der Waals surface area contributed by atoms with Crippen LogP contribution in [-0.4, -0.2) is 18.0 Å². The van der Waals surface area contributed by atoms with E-state index in [0.29, 0.717) is 5.57 Å². The van der Waals surface area contributed by atoms with E-state index in [1.807, 2.05) is 0 Å². The first kappa shape index (κ1) is 11.8. The van der Waals surface area contributed by atoms with Gasteiger partial charge in [0.05, 0.1) is 17.6 Å². The summed E-state index contributed by atoms with van der Waals surface area (Å²) in [5.41, 5.74) is 0.303. The number of rotatable bonds is 4. The molecule has 0 heterocycles. The molecule has 0 aromatic rings. The summed E-state index contributed by atoms with van der Waals surface area (Å²) in [5.74, 6) is -0.671. The summed E-state index contributed by atoms with van der Waals surface area (Å²) in [7, 11) is 0. The van der Waals surface area contributed by atoms with Crippen LogP contribution >= 0.6 is 0 Å². The van der Waals surface area contributed by atoms with Crippen LogP contribution in [0.5, 0.6) is 0 Å². The van der Waals surface area contributed by atoms with Crippen molar-refractivity contribution in [3.05, 3.63) is 11.8 Å². The number of carbonyl (C=O) groups excluding carboxylic acids is 2. The lowest BCUT2D eigenvalue weighted by molar-refractivity contribution is -0.143. The lowest BCUT2D eigenvalue weighted by Crippen LogP contribution is -2.13. The molecule has 0 spiro atoms. The van der Waals surface area contributed by atoms with Crippen molar-refractivity contribution >= 4 is 11.9 Å². The Balaban J connectivity index is 2.36. The molecule has 4 heteroatoms. The second-order valence-corrected chi connectivity index (χ2v) is 3.97. The van der Waals surface area contributed by atoms with E-state index in [4.69, 9.17) is 9.47 Å².